The Balaban J connectivity index is 1.91. The number of rotatable bonds is 7. The number of nitrogens with one attached hydrogen (secondary N) is 1. The Hall–Kier alpha value is -2.78. The molecule has 0 saturated carbocycles. The molecule has 3 rings (SSSR count). The first-order valence-electron chi connectivity index (χ1n) is 9.78. The van der Waals surface area contributed by atoms with E-state index in [0.29, 0.717) is 40.1 Å². The number of benzene rings is 3. The van der Waals surface area contributed by atoms with Crippen molar-refractivity contribution in [1.82, 2.24) is 0 Å². The van der Waals surface area contributed by atoms with Crippen LogP contribution < -0.4 is 10.1 Å². The zero-order valence-corrected chi connectivity index (χ0v) is 20.3. The van der Waals surface area contributed by atoms with E-state index in [1.807, 2.05) is 37.3 Å². The molecule has 0 aromatic heterocycles. The van der Waals surface area contributed by atoms with Gasteiger partial charge in [0.15, 0.2) is 0 Å². The average molecular weight is 530 g/mol. The Morgan fingerprint density at radius 3 is 2.50 bits per heavy atom. The van der Waals surface area contributed by atoms with E-state index < -0.39 is 5.91 Å². The van der Waals surface area contributed by atoms with Gasteiger partial charge in [0.1, 0.15) is 17.4 Å². The van der Waals surface area contributed by atoms with E-state index in [4.69, 9.17) is 27.9 Å². The lowest BCUT2D eigenvalue weighted by Crippen LogP contribution is -2.13. The van der Waals surface area contributed by atoms with Crippen LogP contribution in [0.15, 0.2) is 70.7 Å². The molecule has 0 spiro atoms. The third kappa shape index (κ3) is 6.14. The first-order chi connectivity index (χ1) is 15.4. The molecular weight excluding hydrogens is 511 g/mol. The molecule has 162 valence electrons. The van der Waals surface area contributed by atoms with Crippen LogP contribution in [0.5, 0.6) is 5.75 Å². The van der Waals surface area contributed by atoms with Gasteiger partial charge in [-0.25, -0.2) is 0 Å². The van der Waals surface area contributed by atoms with Gasteiger partial charge in [0.05, 0.1) is 6.61 Å². The molecule has 0 bridgehead atoms. The van der Waals surface area contributed by atoms with Crippen molar-refractivity contribution >= 4 is 56.8 Å². The standard InChI is InChI=1S/C25H19BrCl2N2O2/c1-2-32-24-13-16(12-23(28)21(24)14-17-5-3-4-6-22(17)27)11-18(15-29)25(31)30-20-9-7-19(26)8-10-20/h3-13H,2,14H2,1H3,(H,30,31)/b18-11+. The van der Waals surface area contributed by atoms with Gasteiger partial charge in [-0.2, -0.15) is 5.26 Å². The number of carbonyl (C=O) groups excluding carboxylic acids is 1. The molecule has 0 aliphatic rings. The fourth-order valence-corrected chi connectivity index (χ4v) is 3.80. The number of amides is 1. The normalized spacial score (nSPS) is 11.0. The second-order valence-corrected chi connectivity index (χ2v) is 8.54. The van der Waals surface area contributed by atoms with E-state index in [1.165, 1.54) is 6.08 Å². The van der Waals surface area contributed by atoms with Crippen LogP contribution in [0.1, 0.15) is 23.6 Å². The third-order valence-electron chi connectivity index (χ3n) is 4.58. The van der Waals surface area contributed by atoms with Crippen LogP contribution in [0, 0.1) is 11.3 Å². The molecule has 1 amide bonds. The van der Waals surface area contributed by atoms with Gasteiger partial charge in [-0.1, -0.05) is 57.3 Å². The molecule has 0 unspecified atom stereocenters. The number of nitrogens with zero attached hydrogens (tertiary/aromatic N) is 1. The molecule has 0 aliphatic carbocycles. The van der Waals surface area contributed by atoms with Gasteiger partial charge in [-0.05, 0) is 66.6 Å². The number of carbonyl (C=O) groups is 1. The summed E-state index contributed by atoms with van der Waals surface area (Å²) in [6, 6.07) is 20.1. The van der Waals surface area contributed by atoms with E-state index in [-0.39, 0.29) is 5.57 Å². The second kappa shape index (κ2) is 11.2. The van der Waals surface area contributed by atoms with Crippen molar-refractivity contribution in [2.24, 2.45) is 0 Å². The van der Waals surface area contributed by atoms with E-state index in [9.17, 15) is 10.1 Å². The summed E-state index contributed by atoms with van der Waals surface area (Å²) in [7, 11) is 0. The lowest BCUT2D eigenvalue weighted by molar-refractivity contribution is -0.112. The highest BCUT2D eigenvalue weighted by Crippen LogP contribution is 2.33. The van der Waals surface area contributed by atoms with Crippen LogP contribution in [0.4, 0.5) is 5.69 Å². The van der Waals surface area contributed by atoms with Crippen molar-refractivity contribution in [3.05, 3.63) is 97.4 Å². The minimum absolute atomic E-state index is 0.0507. The zero-order chi connectivity index (χ0) is 23.1. The van der Waals surface area contributed by atoms with Crippen molar-refractivity contribution in [1.29, 1.82) is 5.26 Å². The fourth-order valence-electron chi connectivity index (χ4n) is 3.05. The summed E-state index contributed by atoms with van der Waals surface area (Å²) in [6.45, 7) is 2.32. The Bertz CT molecular complexity index is 1200. The smallest absolute Gasteiger partial charge is 0.266 e. The number of hydrogen-bond acceptors (Lipinski definition) is 3. The first-order valence-corrected chi connectivity index (χ1v) is 11.3. The summed E-state index contributed by atoms with van der Waals surface area (Å²) in [5, 5.41) is 13.4. The monoisotopic (exact) mass is 528 g/mol. The van der Waals surface area contributed by atoms with Crippen molar-refractivity contribution in [3.63, 3.8) is 0 Å². The molecule has 4 nitrogen and oxygen atoms in total. The van der Waals surface area contributed by atoms with Gasteiger partial charge >= 0.3 is 0 Å². The SMILES string of the molecule is CCOc1cc(/C=C(\C#N)C(=O)Nc2ccc(Br)cc2)cc(Cl)c1Cc1ccccc1Cl. The highest BCUT2D eigenvalue weighted by atomic mass is 79.9. The van der Waals surface area contributed by atoms with E-state index in [0.717, 1.165) is 15.6 Å². The van der Waals surface area contributed by atoms with Crippen LogP contribution in [0.25, 0.3) is 6.08 Å². The summed E-state index contributed by atoms with van der Waals surface area (Å²) in [5.74, 6) is 0.0702. The summed E-state index contributed by atoms with van der Waals surface area (Å²) < 4.78 is 6.70. The number of ether oxygens (including phenoxy) is 1. The minimum Gasteiger partial charge on any atom is -0.494 e. The van der Waals surface area contributed by atoms with Crippen molar-refractivity contribution in [2.45, 2.75) is 13.3 Å². The summed E-state index contributed by atoms with van der Waals surface area (Å²) in [4.78, 5) is 12.6. The molecule has 0 aliphatic heterocycles. The summed E-state index contributed by atoms with van der Waals surface area (Å²) in [5.41, 5.74) is 2.83. The zero-order valence-electron chi connectivity index (χ0n) is 17.2. The topological polar surface area (TPSA) is 62.1 Å². The highest BCUT2D eigenvalue weighted by Gasteiger charge is 2.15. The van der Waals surface area contributed by atoms with E-state index in [2.05, 4.69) is 21.2 Å². The predicted octanol–water partition coefficient (Wildman–Crippen LogP) is 7.29. The molecule has 3 aromatic rings. The highest BCUT2D eigenvalue weighted by molar-refractivity contribution is 9.10. The molecule has 32 heavy (non-hydrogen) atoms. The summed E-state index contributed by atoms with van der Waals surface area (Å²) in [6.07, 6.45) is 1.98. The lowest BCUT2D eigenvalue weighted by Gasteiger charge is -2.14. The van der Waals surface area contributed by atoms with Crippen LogP contribution in [0.2, 0.25) is 10.0 Å². The first kappa shape index (κ1) is 23.9. The average Bonchev–Trinajstić information content (AvgIpc) is 2.77. The Morgan fingerprint density at radius 1 is 1.12 bits per heavy atom. The Kier molecular flexibility index (Phi) is 8.35. The number of halogens is 3. The van der Waals surface area contributed by atoms with Gasteiger partial charge < -0.3 is 10.1 Å². The van der Waals surface area contributed by atoms with Crippen molar-refractivity contribution in [3.8, 4) is 11.8 Å². The van der Waals surface area contributed by atoms with Gasteiger partial charge in [-0.3, -0.25) is 4.79 Å². The molecular formula is C25H19BrCl2N2O2. The maximum absolute atomic E-state index is 12.6. The number of anilines is 1. The molecule has 0 radical (unpaired) electrons. The van der Waals surface area contributed by atoms with E-state index in [1.54, 1.807) is 36.4 Å². The van der Waals surface area contributed by atoms with Crippen molar-refractivity contribution in [2.75, 3.05) is 11.9 Å². The molecule has 3 aromatic carbocycles. The second-order valence-electron chi connectivity index (χ2n) is 6.81. The third-order valence-corrected chi connectivity index (χ3v) is 5.81. The number of nitriles is 1. The van der Waals surface area contributed by atoms with Gasteiger partial charge in [0.2, 0.25) is 0 Å². The largest absolute Gasteiger partial charge is 0.494 e. The van der Waals surface area contributed by atoms with Crippen molar-refractivity contribution < 1.29 is 9.53 Å². The quantitative estimate of drug-likeness (QED) is 0.258. The minimum atomic E-state index is -0.510. The maximum atomic E-state index is 12.6. The van der Waals surface area contributed by atoms with Crippen LogP contribution >= 0.6 is 39.1 Å². The number of hydrogen-bond donors (Lipinski definition) is 1. The molecule has 1 N–H and O–H groups in total. The predicted molar refractivity (Wildman–Crippen MR) is 133 cm³/mol. The van der Waals surface area contributed by atoms with Gasteiger partial charge in [-0.15, -0.1) is 0 Å². The van der Waals surface area contributed by atoms with Crippen LogP contribution in [-0.2, 0) is 11.2 Å². The molecule has 0 atom stereocenters. The molecule has 7 heteroatoms. The van der Waals surface area contributed by atoms with Gasteiger partial charge in [0, 0.05) is 32.2 Å². The Morgan fingerprint density at radius 2 is 1.84 bits per heavy atom. The fraction of sp³-hybridized carbons (Fsp3) is 0.120. The molecule has 0 heterocycles. The molecule has 0 fully saturated rings. The maximum Gasteiger partial charge on any atom is 0.266 e. The Labute approximate surface area is 205 Å². The van der Waals surface area contributed by atoms with Crippen LogP contribution in [-0.4, -0.2) is 12.5 Å². The van der Waals surface area contributed by atoms with Crippen LogP contribution in [0.3, 0.4) is 0 Å². The summed E-state index contributed by atoms with van der Waals surface area (Å²) >= 11 is 16.2. The van der Waals surface area contributed by atoms with E-state index >= 15 is 0 Å². The van der Waals surface area contributed by atoms with Gasteiger partial charge in [0.25, 0.3) is 5.91 Å². The lowest BCUT2D eigenvalue weighted by atomic mass is 10.0. The molecule has 0 saturated heterocycles.